The molecule has 124 valence electrons. The van der Waals surface area contributed by atoms with Crippen molar-refractivity contribution < 1.29 is 24.3 Å². The smallest absolute Gasteiger partial charge is 0.373 e. The minimum Gasteiger partial charge on any atom is -0.397 e. The van der Waals surface area contributed by atoms with Crippen molar-refractivity contribution in [2.24, 2.45) is 0 Å². The lowest BCUT2D eigenvalue weighted by Gasteiger charge is -1.79. The van der Waals surface area contributed by atoms with Crippen LogP contribution in [0.15, 0.2) is 31.2 Å². The van der Waals surface area contributed by atoms with Crippen LogP contribution < -0.4 is 0 Å². The second-order valence-electron chi connectivity index (χ2n) is 2.67. The number of imidazole rings is 2. The minimum atomic E-state index is 0. The van der Waals surface area contributed by atoms with Crippen LogP contribution in [0.25, 0.3) is 0 Å². The number of aromatic amines is 2. The molecule has 2 aromatic rings. The van der Waals surface area contributed by atoms with Gasteiger partial charge in [-0.25, -0.2) is 9.97 Å². The molecule has 3 N–H and O–H groups in total. The lowest BCUT2D eigenvalue weighted by molar-refractivity contribution is -0.193. The molecule has 0 radical (unpaired) electrons. The van der Waals surface area contributed by atoms with Crippen molar-refractivity contribution in [3.05, 3.63) is 36.9 Å². The van der Waals surface area contributed by atoms with Crippen LogP contribution >= 0.6 is 12.4 Å². The summed E-state index contributed by atoms with van der Waals surface area (Å²) in [6, 6.07) is 0. The first-order valence-corrected chi connectivity index (χ1v) is 5.67. The molecular formula is C12H19ClN4O5. The number of nitrogens with zero attached hydrogens (tertiary/aromatic N) is 2. The highest BCUT2D eigenvalue weighted by molar-refractivity contribution is 5.85. The Labute approximate surface area is 133 Å². The van der Waals surface area contributed by atoms with Gasteiger partial charge in [0, 0.05) is 30.9 Å². The molecule has 0 aliphatic rings. The van der Waals surface area contributed by atoms with Crippen molar-refractivity contribution >= 4 is 24.7 Å². The number of aliphatic hydroxyl groups excluding tert-OH is 1. The summed E-state index contributed by atoms with van der Waals surface area (Å²) in [5, 5.41) is 7.57. The molecule has 0 aliphatic heterocycles. The molecule has 0 fully saturated rings. The third-order valence-electron chi connectivity index (χ3n) is 1.34. The molecule has 2 rings (SSSR count). The van der Waals surface area contributed by atoms with E-state index in [1.165, 1.54) is 5.69 Å². The highest BCUT2D eigenvalue weighted by Crippen LogP contribution is 1.88. The number of hydrogen-bond donors (Lipinski definition) is 3. The Hall–Kier alpha value is -2.57. The zero-order valence-electron chi connectivity index (χ0n) is 12.2. The molecule has 0 unspecified atom stereocenters. The topological polar surface area (TPSA) is 146 Å². The summed E-state index contributed by atoms with van der Waals surface area (Å²) in [5.74, 6) is 0. The van der Waals surface area contributed by atoms with Gasteiger partial charge in [0.05, 0.1) is 12.7 Å². The normalized spacial score (nSPS) is 6.32. The fourth-order valence-electron chi connectivity index (χ4n) is 0.693. The Balaban J connectivity index is -0.0000000969. The number of aliphatic hydroxyl groups is 1. The summed E-state index contributed by atoms with van der Waals surface area (Å²) >= 11 is 0. The summed E-state index contributed by atoms with van der Waals surface area (Å²) in [6.45, 7) is 4.02. The number of H-pyrrole nitrogens is 2. The van der Waals surface area contributed by atoms with Crippen molar-refractivity contribution in [3.63, 3.8) is 0 Å². The molecule has 0 spiro atoms. The molecular weight excluding hydrogens is 316 g/mol. The molecule has 0 atom stereocenters. The number of rotatable bonds is 1. The fraction of sp³-hybridized carbons (Fsp3) is 0.333. The van der Waals surface area contributed by atoms with E-state index in [0.717, 1.165) is 6.42 Å². The van der Waals surface area contributed by atoms with Gasteiger partial charge in [-0.1, -0.05) is 6.92 Å². The Bertz CT molecular complexity index is 407. The first-order chi connectivity index (χ1) is 10.2. The predicted octanol–water partition coefficient (Wildman–Crippen LogP) is 0.635. The van der Waals surface area contributed by atoms with E-state index in [9.17, 15) is 0 Å². The van der Waals surface area contributed by atoms with E-state index in [1.54, 1.807) is 32.0 Å². The first-order valence-electron chi connectivity index (χ1n) is 5.67. The Kier molecular flexibility index (Phi) is 39.1. The first kappa shape index (κ1) is 27.7. The maximum Gasteiger partial charge on any atom is 0.373 e. The second kappa shape index (κ2) is 31.0. The summed E-state index contributed by atoms with van der Waals surface area (Å²) < 4.78 is 0. The average molecular weight is 335 g/mol. The minimum absolute atomic E-state index is 0. The van der Waals surface area contributed by atoms with Gasteiger partial charge < -0.3 is 15.1 Å². The van der Waals surface area contributed by atoms with Crippen LogP contribution in [0.1, 0.15) is 19.5 Å². The summed E-state index contributed by atoms with van der Waals surface area (Å²) in [5.41, 5.74) is 1.19. The SMILES string of the molecule is CCO.CCc1cnc[nH]1.Cl.O=C=O.O=C=O.c1c[nH]cn1. The van der Waals surface area contributed by atoms with E-state index in [4.69, 9.17) is 24.3 Å². The van der Waals surface area contributed by atoms with Gasteiger partial charge in [-0.3, -0.25) is 0 Å². The third-order valence-corrected chi connectivity index (χ3v) is 1.34. The van der Waals surface area contributed by atoms with Crippen molar-refractivity contribution in [2.75, 3.05) is 6.61 Å². The van der Waals surface area contributed by atoms with Crippen molar-refractivity contribution in [3.8, 4) is 0 Å². The highest BCUT2D eigenvalue weighted by Gasteiger charge is 1.82. The molecule has 9 nitrogen and oxygen atoms in total. The van der Waals surface area contributed by atoms with Crippen molar-refractivity contribution in [1.82, 2.24) is 19.9 Å². The fourth-order valence-corrected chi connectivity index (χ4v) is 0.693. The number of aryl methyl sites for hydroxylation is 1. The van der Waals surface area contributed by atoms with Crippen LogP contribution in [0.3, 0.4) is 0 Å². The van der Waals surface area contributed by atoms with E-state index in [0.29, 0.717) is 0 Å². The average Bonchev–Trinajstić information content (AvgIpc) is 3.18. The van der Waals surface area contributed by atoms with Gasteiger partial charge in [-0.05, 0) is 13.3 Å². The van der Waals surface area contributed by atoms with Crippen LogP contribution in [0.4, 0.5) is 0 Å². The zero-order valence-corrected chi connectivity index (χ0v) is 13.0. The number of carbonyl (C=O) groups excluding carboxylic acids is 4. The van der Waals surface area contributed by atoms with Gasteiger partial charge in [0.25, 0.3) is 0 Å². The molecule has 10 heteroatoms. The summed E-state index contributed by atoms with van der Waals surface area (Å²) in [4.78, 5) is 45.7. The van der Waals surface area contributed by atoms with E-state index >= 15 is 0 Å². The Morgan fingerprint density at radius 3 is 1.73 bits per heavy atom. The highest BCUT2D eigenvalue weighted by atomic mass is 35.5. The maximum atomic E-state index is 8.12. The quantitative estimate of drug-likeness (QED) is 0.693. The van der Waals surface area contributed by atoms with Gasteiger partial charge in [0.2, 0.25) is 0 Å². The van der Waals surface area contributed by atoms with Crippen LogP contribution in [0, 0.1) is 0 Å². The van der Waals surface area contributed by atoms with Gasteiger partial charge in [0.15, 0.2) is 0 Å². The second-order valence-corrected chi connectivity index (χ2v) is 2.67. The number of aromatic nitrogens is 4. The molecule has 22 heavy (non-hydrogen) atoms. The molecule has 0 aliphatic carbocycles. The monoisotopic (exact) mass is 334 g/mol. The van der Waals surface area contributed by atoms with Crippen LogP contribution in [0.5, 0.6) is 0 Å². The maximum absolute atomic E-state index is 8.12. The Morgan fingerprint density at radius 2 is 1.59 bits per heavy atom. The standard InChI is InChI=1S/C5H8N2.C3H4N2.C2H6O.2CO2.ClH/c1-2-5-3-6-4-7-5;1-2-5-3-4-1;1-2-3;2*2-1-3;/h3-4H,2H2,1H3,(H,6,7);1-3H,(H,4,5);3H,2H2,1H3;;;1H. The van der Waals surface area contributed by atoms with Gasteiger partial charge in [0.1, 0.15) is 0 Å². The number of hydrogen-bond acceptors (Lipinski definition) is 7. The molecule has 2 heterocycles. The molecule has 0 bridgehead atoms. The molecule has 0 saturated carbocycles. The van der Waals surface area contributed by atoms with Crippen molar-refractivity contribution in [1.29, 1.82) is 0 Å². The van der Waals surface area contributed by atoms with Gasteiger partial charge >= 0.3 is 12.3 Å². The zero-order chi connectivity index (χ0) is 16.8. The van der Waals surface area contributed by atoms with Gasteiger partial charge in [-0.15, -0.1) is 12.4 Å². The van der Waals surface area contributed by atoms with Gasteiger partial charge in [-0.2, -0.15) is 19.2 Å². The van der Waals surface area contributed by atoms with E-state index in [2.05, 4.69) is 26.9 Å². The number of nitrogens with one attached hydrogen (secondary N) is 2. The van der Waals surface area contributed by atoms with Crippen LogP contribution in [-0.4, -0.2) is 44.0 Å². The molecule has 0 amide bonds. The van der Waals surface area contributed by atoms with Crippen molar-refractivity contribution in [2.45, 2.75) is 20.3 Å². The van der Waals surface area contributed by atoms with E-state index < -0.39 is 0 Å². The summed E-state index contributed by atoms with van der Waals surface area (Å²) in [7, 11) is 0. The third kappa shape index (κ3) is 36.0. The van der Waals surface area contributed by atoms with Crippen LogP contribution in [0.2, 0.25) is 0 Å². The predicted molar refractivity (Wildman–Crippen MR) is 76.6 cm³/mol. The lowest BCUT2D eigenvalue weighted by atomic mass is 10.4. The largest absolute Gasteiger partial charge is 0.397 e. The Morgan fingerprint density at radius 1 is 1.09 bits per heavy atom. The number of halogens is 1. The lowest BCUT2D eigenvalue weighted by Crippen LogP contribution is -1.73. The molecule has 2 aromatic heterocycles. The van der Waals surface area contributed by atoms with Crippen LogP contribution in [-0.2, 0) is 25.6 Å². The summed E-state index contributed by atoms with van der Waals surface area (Å²) in [6.07, 6.45) is 10.2. The molecule has 0 saturated heterocycles. The van der Waals surface area contributed by atoms with E-state index in [-0.39, 0.29) is 31.3 Å². The van der Waals surface area contributed by atoms with E-state index in [1.807, 2.05) is 6.20 Å². The molecule has 0 aromatic carbocycles.